The molecule has 0 aliphatic carbocycles. The van der Waals surface area contributed by atoms with Gasteiger partial charge in [0.15, 0.2) is 10.4 Å². The lowest BCUT2D eigenvalue weighted by Gasteiger charge is -2.29. The Hall–Kier alpha value is -3.40. The predicted octanol–water partition coefficient (Wildman–Crippen LogP) is 5.50. The fourth-order valence-corrected chi connectivity index (χ4v) is 4.21. The predicted molar refractivity (Wildman–Crippen MR) is 139 cm³/mol. The van der Waals surface area contributed by atoms with E-state index in [1.54, 1.807) is 0 Å². The molecule has 2 aromatic heterocycles. The number of aromatic nitrogens is 3. The number of nitrogens with two attached hydrogens (primary N) is 1. The van der Waals surface area contributed by atoms with E-state index in [-0.39, 0.29) is 4.77 Å². The third-order valence-corrected chi connectivity index (χ3v) is 6.25. The SMILES string of the molecule is CN1CCN(N=Nc2ccc(-c3cc(-c4ccc(Cl)cc4)c4c(N)[nH]c(=S)nc4n3)cc2)CC1. The molecule has 172 valence electrons. The number of hydrogen-bond donors (Lipinski definition) is 2. The molecule has 1 saturated heterocycles. The number of H-pyrrole nitrogens is 1. The molecule has 1 aliphatic heterocycles. The molecule has 10 heteroatoms. The van der Waals surface area contributed by atoms with Crippen LogP contribution in [0.25, 0.3) is 33.4 Å². The highest BCUT2D eigenvalue weighted by Gasteiger charge is 2.14. The standard InChI is InChI=1S/C24H23ClN8S/c1-32-10-12-33(13-11-32)31-30-18-8-4-16(5-9-18)20-14-19(15-2-6-17(25)7-3-15)21-22(26)28-24(34)29-23(21)27-20/h2-9,14H,10-13H2,1H3,(H3,26,27,28,29,34). The molecule has 8 nitrogen and oxygen atoms in total. The van der Waals surface area contributed by atoms with Gasteiger partial charge in [-0.25, -0.2) is 4.98 Å². The number of hydrogen-bond acceptors (Lipinski definition) is 7. The highest BCUT2D eigenvalue weighted by molar-refractivity contribution is 7.71. The lowest BCUT2D eigenvalue weighted by molar-refractivity contribution is 0.150. The second kappa shape index (κ2) is 9.46. The zero-order chi connectivity index (χ0) is 23.7. The van der Waals surface area contributed by atoms with Crippen LogP contribution in [0.5, 0.6) is 0 Å². The van der Waals surface area contributed by atoms with Gasteiger partial charge >= 0.3 is 0 Å². The van der Waals surface area contributed by atoms with E-state index in [0.717, 1.165) is 59.6 Å². The summed E-state index contributed by atoms with van der Waals surface area (Å²) in [5.74, 6) is 0.429. The van der Waals surface area contributed by atoms with Gasteiger partial charge in [0.25, 0.3) is 0 Å². The van der Waals surface area contributed by atoms with Gasteiger partial charge in [0, 0.05) is 23.7 Å². The number of pyridine rings is 1. The van der Waals surface area contributed by atoms with Gasteiger partial charge < -0.3 is 15.6 Å². The van der Waals surface area contributed by atoms with Gasteiger partial charge in [0.2, 0.25) is 0 Å². The summed E-state index contributed by atoms with van der Waals surface area (Å²) in [7, 11) is 2.12. The summed E-state index contributed by atoms with van der Waals surface area (Å²) in [6, 6.07) is 17.4. The van der Waals surface area contributed by atoms with Crippen LogP contribution in [0, 0.1) is 4.77 Å². The van der Waals surface area contributed by atoms with E-state index in [1.165, 1.54) is 0 Å². The zero-order valence-corrected chi connectivity index (χ0v) is 20.1. The molecule has 5 rings (SSSR count). The van der Waals surface area contributed by atoms with Crippen molar-refractivity contribution in [2.45, 2.75) is 0 Å². The van der Waals surface area contributed by atoms with Gasteiger partial charge in [-0.05, 0) is 60.7 Å². The summed E-state index contributed by atoms with van der Waals surface area (Å²) in [5.41, 5.74) is 11.1. The molecule has 3 heterocycles. The van der Waals surface area contributed by atoms with Crippen LogP contribution < -0.4 is 5.73 Å². The Balaban J connectivity index is 1.51. The number of anilines is 1. The van der Waals surface area contributed by atoms with Crippen molar-refractivity contribution in [3.8, 4) is 22.4 Å². The fraction of sp³-hybridized carbons (Fsp3) is 0.208. The maximum Gasteiger partial charge on any atom is 0.200 e. The maximum atomic E-state index is 6.28. The first-order chi connectivity index (χ1) is 16.5. The number of nitrogen functional groups attached to an aromatic ring is 1. The third-order valence-electron chi connectivity index (χ3n) is 5.80. The van der Waals surface area contributed by atoms with Gasteiger partial charge in [-0.15, -0.1) is 5.11 Å². The van der Waals surface area contributed by atoms with Crippen LogP contribution in [0.1, 0.15) is 0 Å². The van der Waals surface area contributed by atoms with Crippen LogP contribution in [0.15, 0.2) is 64.9 Å². The number of aromatic amines is 1. The van der Waals surface area contributed by atoms with Crippen LogP contribution in [-0.2, 0) is 0 Å². The zero-order valence-electron chi connectivity index (χ0n) is 18.6. The molecule has 0 bridgehead atoms. The fourth-order valence-electron chi connectivity index (χ4n) is 3.88. The second-order valence-electron chi connectivity index (χ2n) is 8.21. The lowest BCUT2D eigenvalue weighted by Crippen LogP contribution is -2.41. The van der Waals surface area contributed by atoms with Crippen LogP contribution in [-0.4, -0.2) is 58.1 Å². The Kier molecular flexibility index (Phi) is 6.23. The molecule has 1 fully saturated rings. The van der Waals surface area contributed by atoms with Crippen LogP contribution in [0.2, 0.25) is 5.02 Å². The van der Waals surface area contributed by atoms with Crippen molar-refractivity contribution in [3.05, 3.63) is 64.4 Å². The number of piperazine rings is 1. The number of halogens is 1. The molecule has 2 aromatic carbocycles. The highest BCUT2D eigenvalue weighted by atomic mass is 35.5. The van der Waals surface area contributed by atoms with Gasteiger partial charge in [-0.3, -0.25) is 5.01 Å². The maximum absolute atomic E-state index is 6.28. The Morgan fingerprint density at radius 2 is 1.65 bits per heavy atom. The van der Waals surface area contributed by atoms with Crippen molar-refractivity contribution in [3.63, 3.8) is 0 Å². The van der Waals surface area contributed by atoms with E-state index in [0.29, 0.717) is 16.5 Å². The van der Waals surface area contributed by atoms with Gasteiger partial charge in [-0.1, -0.05) is 41.1 Å². The molecule has 0 radical (unpaired) electrons. The number of rotatable bonds is 4. The van der Waals surface area contributed by atoms with E-state index in [1.807, 2.05) is 59.6 Å². The average molecular weight is 491 g/mol. The second-order valence-corrected chi connectivity index (χ2v) is 9.03. The van der Waals surface area contributed by atoms with Gasteiger partial charge in [-0.2, -0.15) is 4.98 Å². The molecule has 0 unspecified atom stereocenters. The average Bonchev–Trinajstić information content (AvgIpc) is 2.83. The van der Waals surface area contributed by atoms with Gasteiger partial charge in [0.05, 0.1) is 29.9 Å². The Labute approximate surface area is 207 Å². The minimum atomic E-state index is 0.288. The molecule has 34 heavy (non-hydrogen) atoms. The monoisotopic (exact) mass is 490 g/mol. The topological polar surface area (TPSA) is 98.8 Å². The molecule has 1 aliphatic rings. The Morgan fingerprint density at radius 3 is 2.35 bits per heavy atom. The minimum Gasteiger partial charge on any atom is -0.385 e. The van der Waals surface area contributed by atoms with Crippen molar-refractivity contribution < 1.29 is 0 Å². The molecular weight excluding hydrogens is 468 g/mol. The van der Waals surface area contributed by atoms with E-state index in [9.17, 15) is 0 Å². The summed E-state index contributed by atoms with van der Waals surface area (Å²) in [6.07, 6.45) is 0. The summed E-state index contributed by atoms with van der Waals surface area (Å²) >= 11 is 11.3. The number of benzene rings is 2. The Bertz CT molecular complexity index is 1410. The summed E-state index contributed by atoms with van der Waals surface area (Å²) < 4.78 is 0.288. The quantitative estimate of drug-likeness (QED) is 0.289. The molecule has 4 aromatic rings. The number of nitrogens with zero attached hydrogens (tertiary/aromatic N) is 6. The first-order valence-corrected chi connectivity index (χ1v) is 11.7. The largest absolute Gasteiger partial charge is 0.385 e. The summed E-state index contributed by atoms with van der Waals surface area (Å²) in [4.78, 5) is 14.4. The minimum absolute atomic E-state index is 0.288. The first kappa shape index (κ1) is 22.4. The number of fused-ring (bicyclic) bond motifs is 1. The van der Waals surface area contributed by atoms with E-state index >= 15 is 0 Å². The molecule has 3 N–H and O–H groups in total. The van der Waals surface area contributed by atoms with Crippen molar-refractivity contribution in [1.82, 2.24) is 24.9 Å². The molecule has 0 amide bonds. The molecule has 0 saturated carbocycles. The van der Waals surface area contributed by atoms with Crippen LogP contribution >= 0.6 is 23.8 Å². The highest BCUT2D eigenvalue weighted by Crippen LogP contribution is 2.34. The Morgan fingerprint density at radius 1 is 0.971 bits per heavy atom. The van der Waals surface area contributed by atoms with E-state index < -0.39 is 0 Å². The smallest absolute Gasteiger partial charge is 0.200 e. The van der Waals surface area contributed by atoms with Crippen molar-refractivity contribution in [1.29, 1.82) is 0 Å². The number of nitrogens with one attached hydrogen (secondary N) is 1. The summed E-state index contributed by atoms with van der Waals surface area (Å²) in [6.45, 7) is 3.74. The van der Waals surface area contributed by atoms with Gasteiger partial charge in [0.1, 0.15) is 5.82 Å². The van der Waals surface area contributed by atoms with Crippen molar-refractivity contribution in [2.75, 3.05) is 39.0 Å². The van der Waals surface area contributed by atoms with E-state index in [2.05, 4.69) is 32.3 Å². The van der Waals surface area contributed by atoms with Crippen molar-refractivity contribution >= 4 is 46.4 Å². The van der Waals surface area contributed by atoms with E-state index in [4.69, 9.17) is 34.5 Å². The number of likely N-dealkylation sites (N-methyl/N-ethyl adjacent to an activating group) is 1. The normalized spacial score (nSPS) is 14.8. The molecule has 0 atom stereocenters. The van der Waals surface area contributed by atoms with Crippen LogP contribution in [0.4, 0.5) is 11.5 Å². The molecular formula is C24H23ClN8S. The van der Waals surface area contributed by atoms with Crippen LogP contribution in [0.3, 0.4) is 0 Å². The third kappa shape index (κ3) is 4.77. The lowest BCUT2D eigenvalue weighted by atomic mass is 10.00. The first-order valence-electron chi connectivity index (χ1n) is 10.9. The summed E-state index contributed by atoms with van der Waals surface area (Å²) in [5, 5.41) is 12.1. The molecule has 0 spiro atoms. The van der Waals surface area contributed by atoms with Crippen molar-refractivity contribution in [2.24, 2.45) is 10.3 Å².